The summed E-state index contributed by atoms with van der Waals surface area (Å²) in [5.41, 5.74) is -0.468. The second-order valence-corrected chi connectivity index (χ2v) is 4.53. The van der Waals surface area contributed by atoms with Gasteiger partial charge in [-0.3, -0.25) is 14.4 Å². The molecule has 7 nitrogen and oxygen atoms in total. The molecule has 1 aromatic heterocycles. The Hall–Kier alpha value is -1.89. The molecule has 116 valence electrons. The minimum atomic E-state index is -1.54. The lowest BCUT2D eigenvalue weighted by atomic mass is 10.1. The lowest BCUT2D eigenvalue weighted by molar-refractivity contribution is -0.157. The van der Waals surface area contributed by atoms with E-state index in [4.69, 9.17) is 21.1 Å². The number of hydrogen-bond acceptors (Lipinski definition) is 6. The van der Waals surface area contributed by atoms with E-state index in [-0.39, 0.29) is 24.1 Å². The summed E-state index contributed by atoms with van der Waals surface area (Å²) in [4.78, 5) is 40.0. The monoisotopic (exact) mass is 316 g/mol. The summed E-state index contributed by atoms with van der Waals surface area (Å²) in [5, 5.41) is 0.0331. The quantitative estimate of drug-likeness (QED) is 0.594. The summed E-state index contributed by atoms with van der Waals surface area (Å²) in [6.07, 6.45) is 0. The molecule has 0 radical (unpaired) electrons. The van der Waals surface area contributed by atoms with Crippen LogP contribution >= 0.6 is 11.6 Å². The fourth-order valence-electron chi connectivity index (χ4n) is 1.66. The van der Waals surface area contributed by atoms with Crippen molar-refractivity contribution < 1.29 is 19.1 Å². The van der Waals surface area contributed by atoms with Gasteiger partial charge in [0.1, 0.15) is 10.8 Å². The highest BCUT2D eigenvalue weighted by Crippen LogP contribution is 2.18. The predicted molar refractivity (Wildman–Crippen MR) is 75.2 cm³/mol. The van der Waals surface area contributed by atoms with E-state index in [0.717, 1.165) is 0 Å². The molecule has 0 atom stereocenters. The van der Waals surface area contributed by atoms with E-state index >= 15 is 0 Å². The SMILES string of the molecule is CCOC(=O)C(C(=O)OCC)c1nc(Cl)c(C)n(C)c1=O. The van der Waals surface area contributed by atoms with Crippen LogP contribution in [-0.4, -0.2) is 34.7 Å². The smallest absolute Gasteiger partial charge is 0.326 e. The zero-order valence-corrected chi connectivity index (χ0v) is 13.1. The molecule has 1 rings (SSSR count). The highest BCUT2D eigenvalue weighted by molar-refractivity contribution is 6.30. The Kier molecular flexibility index (Phi) is 5.90. The minimum absolute atomic E-state index is 0.0331. The van der Waals surface area contributed by atoms with Crippen LogP contribution in [0.2, 0.25) is 5.15 Å². The van der Waals surface area contributed by atoms with Crippen LogP contribution in [0.3, 0.4) is 0 Å². The summed E-state index contributed by atoms with van der Waals surface area (Å²) in [5.74, 6) is -3.32. The molecule has 0 N–H and O–H groups in total. The lowest BCUT2D eigenvalue weighted by Gasteiger charge is -2.15. The van der Waals surface area contributed by atoms with E-state index in [0.29, 0.717) is 5.69 Å². The van der Waals surface area contributed by atoms with Gasteiger partial charge in [0, 0.05) is 7.05 Å². The molecule has 0 bridgehead atoms. The van der Waals surface area contributed by atoms with Crippen molar-refractivity contribution in [2.24, 2.45) is 7.05 Å². The Morgan fingerprint density at radius 3 is 2.14 bits per heavy atom. The van der Waals surface area contributed by atoms with Crippen LogP contribution in [0.1, 0.15) is 31.2 Å². The number of carbonyl (C=O) groups excluding carboxylic acids is 2. The van der Waals surface area contributed by atoms with Crippen LogP contribution in [-0.2, 0) is 26.1 Å². The van der Waals surface area contributed by atoms with Crippen LogP contribution in [0.25, 0.3) is 0 Å². The number of nitrogens with zero attached hydrogens (tertiary/aromatic N) is 2. The first-order chi connectivity index (χ1) is 9.84. The van der Waals surface area contributed by atoms with Gasteiger partial charge in [0.15, 0.2) is 0 Å². The number of aromatic nitrogens is 2. The van der Waals surface area contributed by atoms with Gasteiger partial charge in [-0.2, -0.15) is 0 Å². The molecule has 1 aromatic rings. The van der Waals surface area contributed by atoms with E-state index in [9.17, 15) is 14.4 Å². The highest BCUT2D eigenvalue weighted by atomic mass is 35.5. The van der Waals surface area contributed by atoms with E-state index in [1.54, 1.807) is 20.8 Å². The van der Waals surface area contributed by atoms with Gasteiger partial charge >= 0.3 is 11.9 Å². The Morgan fingerprint density at radius 2 is 1.71 bits per heavy atom. The van der Waals surface area contributed by atoms with Gasteiger partial charge in [0.05, 0.1) is 18.9 Å². The maximum atomic E-state index is 12.2. The number of hydrogen-bond donors (Lipinski definition) is 0. The van der Waals surface area contributed by atoms with Crippen LogP contribution in [0, 0.1) is 6.92 Å². The maximum Gasteiger partial charge on any atom is 0.326 e. The fourth-order valence-corrected chi connectivity index (χ4v) is 1.87. The van der Waals surface area contributed by atoms with Crippen LogP contribution in [0.15, 0.2) is 4.79 Å². The molecule has 0 fully saturated rings. The van der Waals surface area contributed by atoms with Crippen LogP contribution in [0.4, 0.5) is 0 Å². The molecule has 0 unspecified atom stereocenters. The van der Waals surface area contributed by atoms with Gasteiger partial charge in [-0.05, 0) is 20.8 Å². The molecule has 0 saturated heterocycles. The molecule has 0 saturated carbocycles. The number of esters is 2. The van der Waals surface area contributed by atoms with Crippen LogP contribution in [0.5, 0.6) is 0 Å². The van der Waals surface area contributed by atoms with E-state index in [1.807, 2.05) is 0 Å². The molecular weight excluding hydrogens is 300 g/mol. The summed E-state index contributed by atoms with van der Waals surface area (Å²) in [6.45, 7) is 4.91. The first kappa shape index (κ1) is 17.2. The molecule has 0 aliphatic carbocycles. The van der Waals surface area contributed by atoms with Crippen molar-refractivity contribution >= 4 is 23.5 Å². The molecular formula is C13H17ClN2O5. The van der Waals surface area contributed by atoms with E-state index in [1.165, 1.54) is 11.6 Å². The molecule has 0 aliphatic heterocycles. The minimum Gasteiger partial charge on any atom is -0.465 e. The Bertz CT molecular complexity index is 593. The first-order valence-corrected chi connectivity index (χ1v) is 6.79. The third kappa shape index (κ3) is 3.60. The van der Waals surface area contributed by atoms with Crippen molar-refractivity contribution in [2.45, 2.75) is 26.7 Å². The van der Waals surface area contributed by atoms with Crippen molar-refractivity contribution in [1.29, 1.82) is 0 Å². The number of halogens is 1. The molecule has 0 amide bonds. The number of carbonyl (C=O) groups is 2. The molecule has 0 aliphatic rings. The Labute approximate surface area is 126 Å². The van der Waals surface area contributed by atoms with Crippen molar-refractivity contribution in [1.82, 2.24) is 9.55 Å². The zero-order chi connectivity index (χ0) is 16.2. The van der Waals surface area contributed by atoms with Crippen molar-refractivity contribution in [2.75, 3.05) is 13.2 Å². The third-order valence-corrected chi connectivity index (χ3v) is 3.22. The van der Waals surface area contributed by atoms with Gasteiger partial charge in [0.2, 0.25) is 5.92 Å². The molecule has 8 heteroatoms. The Balaban J connectivity index is 3.43. The zero-order valence-electron chi connectivity index (χ0n) is 12.3. The summed E-state index contributed by atoms with van der Waals surface area (Å²) < 4.78 is 10.9. The largest absolute Gasteiger partial charge is 0.465 e. The van der Waals surface area contributed by atoms with E-state index in [2.05, 4.69) is 4.98 Å². The average Bonchev–Trinajstić information content (AvgIpc) is 2.43. The second-order valence-electron chi connectivity index (χ2n) is 4.17. The average molecular weight is 317 g/mol. The second kappa shape index (κ2) is 7.21. The molecule has 1 heterocycles. The third-order valence-electron chi connectivity index (χ3n) is 2.86. The summed E-state index contributed by atoms with van der Waals surface area (Å²) >= 11 is 5.92. The number of rotatable bonds is 5. The first-order valence-electron chi connectivity index (χ1n) is 6.41. The summed E-state index contributed by atoms with van der Waals surface area (Å²) in [6, 6.07) is 0. The van der Waals surface area contributed by atoms with Gasteiger partial charge in [0.25, 0.3) is 5.56 Å². The van der Waals surface area contributed by atoms with Crippen molar-refractivity contribution in [3.63, 3.8) is 0 Å². The van der Waals surface area contributed by atoms with Crippen molar-refractivity contribution in [3.8, 4) is 0 Å². The summed E-state index contributed by atoms with van der Waals surface area (Å²) in [7, 11) is 1.47. The Morgan fingerprint density at radius 1 is 1.24 bits per heavy atom. The molecule has 0 spiro atoms. The van der Waals surface area contributed by atoms with E-state index < -0.39 is 23.4 Å². The number of ether oxygens (including phenoxy) is 2. The lowest BCUT2D eigenvalue weighted by Crippen LogP contribution is -2.35. The van der Waals surface area contributed by atoms with Gasteiger partial charge in [-0.15, -0.1) is 0 Å². The molecule has 21 heavy (non-hydrogen) atoms. The van der Waals surface area contributed by atoms with Gasteiger partial charge < -0.3 is 14.0 Å². The predicted octanol–water partition coefficient (Wildman–Crippen LogP) is 0.952. The van der Waals surface area contributed by atoms with Crippen molar-refractivity contribution in [3.05, 3.63) is 26.9 Å². The maximum absolute atomic E-state index is 12.2. The highest BCUT2D eigenvalue weighted by Gasteiger charge is 2.36. The topological polar surface area (TPSA) is 87.5 Å². The normalized spacial score (nSPS) is 10.6. The molecule has 0 aromatic carbocycles. The fraction of sp³-hybridized carbons (Fsp3) is 0.538. The standard InChI is InChI=1S/C13H17ClN2O5/c1-5-20-12(18)8(13(19)21-6-2)9-11(17)16(4)7(3)10(14)15-9/h8H,5-6H2,1-4H3. The van der Waals surface area contributed by atoms with Crippen LogP contribution < -0.4 is 5.56 Å². The van der Waals surface area contributed by atoms with Gasteiger partial charge in [-0.1, -0.05) is 11.6 Å². The van der Waals surface area contributed by atoms with Gasteiger partial charge in [-0.25, -0.2) is 4.98 Å².